The number of hydrogen-bond donors (Lipinski definition) is 1. The Morgan fingerprint density at radius 3 is 2.74 bits per heavy atom. The van der Waals surface area contributed by atoms with Gasteiger partial charge in [-0.05, 0) is 69.4 Å². The Balaban J connectivity index is 1.85. The lowest BCUT2D eigenvalue weighted by Gasteiger charge is -2.15. The third-order valence-electron chi connectivity index (χ3n) is 5.79. The van der Waals surface area contributed by atoms with Crippen molar-refractivity contribution in [2.45, 2.75) is 52.6 Å². The van der Waals surface area contributed by atoms with Crippen LogP contribution in [-0.2, 0) is 19.4 Å². The van der Waals surface area contributed by atoms with Crippen LogP contribution in [-0.4, -0.2) is 22.6 Å². The van der Waals surface area contributed by atoms with Gasteiger partial charge in [-0.25, -0.2) is 4.98 Å². The van der Waals surface area contributed by atoms with E-state index in [4.69, 9.17) is 4.74 Å². The molecular formula is C25H28BrN3O2. The van der Waals surface area contributed by atoms with E-state index in [1.807, 2.05) is 13.0 Å². The fraction of sp³-hybridized carbons (Fsp3) is 0.360. The summed E-state index contributed by atoms with van der Waals surface area (Å²) in [6.45, 7) is 6.67. The van der Waals surface area contributed by atoms with Crippen molar-refractivity contribution in [2.75, 3.05) is 7.11 Å². The molecule has 5 nitrogen and oxygen atoms in total. The zero-order valence-electron chi connectivity index (χ0n) is 18.5. The number of benzene rings is 1. The van der Waals surface area contributed by atoms with Crippen LogP contribution in [0, 0.1) is 6.92 Å². The van der Waals surface area contributed by atoms with E-state index in [2.05, 4.69) is 75.1 Å². The third-order valence-corrected chi connectivity index (χ3v) is 6.25. The smallest absolute Gasteiger partial charge is 0.252 e. The lowest BCUT2D eigenvalue weighted by Crippen LogP contribution is -2.24. The van der Waals surface area contributed by atoms with Crippen LogP contribution < -0.4 is 10.1 Å². The molecule has 1 N–H and O–H groups in total. The van der Waals surface area contributed by atoms with E-state index in [1.54, 1.807) is 7.11 Å². The van der Waals surface area contributed by atoms with E-state index in [-0.39, 0.29) is 5.91 Å². The molecule has 1 amide bonds. The Morgan fingerprint density at radius 2 is 2.00 bits per heavy atom. The van der Waals surface area contributed by atoms with E-state index in [0.717, 1.165) is 51.5 Å². The number of hydrogen-bond acceptors (Lipinski definition) is 3. The minimum atomic E-state index is -0.0918. The maximum Gasteiger partial charge on any atom is 0.252 e. The molecule has 0 radical (unpaired) electrons. The third kappa shape index (κ3) is 4.26. The summed E-state index contributed by atoms with van der Waals surface area (Å²) in [7, 11) is 1.63. The van der Waals surface area contributed by atoms with Crippen molar-refractivity contribution in [1.82, 2.24) is 14.9 Å². The monoisotopic (exact) mass is 481 g/mol. The molecule has 3 heterocycles. The number of methoxy groups -OCH3 is 1. The van der Waals surface area contributed by atoms with E-state index in [0.29, 0.717) is 24.0 Å². The quantitative estimate of drug-likeness (QED) is 0.479. The van der Waals surface area contributed by atoms with Crippen molar-refractivity contribution in [2.24, 2.45) is 0 Å². The normalized spacial score (nSPS) is 14.6. The number of carbonyl (C=O) groups excluding carboxylic acids is 1. The molecule has 1 aliphatic heterocycles. The summed E-state index contributed by atoms with van der Waals surface area (Å²) in [5, 5.41) is 4.15. The molecule has 1 aromatic carbocycles. The number of rotatable bonds is 2. The second-order valence-electron chi connectivity index (χ2n) is 8.31. The number of nitrogens with one attached hydrogen (secondary N) is 1. The van der Waals surface area contributed by atoms with Crippen LogP contribution in [0.25, 0.3) is 10.9 Å². The zero-order chi connectivity index (χ0) is 22.1. The first-order chi connectivity index (χ1) is 14.9. The topological polar surface area (TPSA) is 56.1 Å². The predicted molar refractivity (Wildman–Crippen MR) is 128 cm³/mol. The van der Waals surface area contributed by atoms with E-state index in [9.17, 15) is 4.79 Å². The van der Waals surface area contributed by atoms with Crippen LogP contribution in [0.2, 0.25) is 0 Å². The largest absolute Gasteiger partial charge is 0.481 e. The molecule has 0 saturated carbocycles. The van der Waals surface area contributed by atoms with Crippen LogP contribution in [0.15, 0.2) is 41.0 Å². The molecule has 1 aliphatic rings. The number of aromatic nitrogens is 2. The second-order valence-corrected chi connectivity index (χ2v) is 9.23. The van der Waals surface area contributed by atoms with Gasteiger partial charge < -0.3 is 14.6 Å². The summed E-state index contributed by atoms with van der Waals surface area (Å²) < 4.78 is 8.69. The Bertz CT molecular complexity index is 1180. The fourth-order valence-corrected chi connectivity index (χ4v) is 4.79. The van der Waals surface area contributed by atoms with Gasteiger partial charge in [0.2, 0.25) is 5.88 Å². The van der Waals surface area contributed by atoms with Crippen LogP contribution in [0.1, 0.15) is 59.1 Å². The van der Waals surface area contributed by atoms with Crippen molar-refractivity contribution in [1.29, 1.82) is 0 Å². The summed E-state index contributed by atoms with van der Waals surface area (Å²) in [6.07, 6.45) is 9.23. The molecule has 31 heavy (non-hydrogen) atoms. The molecule has 0 saturated heterocycles. The lowest BCUT2D eigenvalue weighted by molar-refractivity contribution is 0.0952. The summed E-state index contributed by atoms with van der Waals surface area (Å²) in [6, 6.07) is 6.41. The van der Waals surface area contributed by atoms with Crippen molar-refractivity contribution in [3.05, 3.63) is 69.0 Å². The number of amides is 1. The summed E-state index contributed by atoms with van der Waals surface area (Å²) in [5.41, 5.74) is 5.96. The fourth-order valence-electron chi connectivity index (χ4n) is 4.35. The molecule has 6 heteroatoms. The maximum absolute atomic E-state index is 13.4. The Hall–Kier alpha value is -2.60. The minimum Gasteiger partial charge on any atom is -0.481 e. The molecule has 2 aromatic heterocycles. The molecule has 0 unspecified atom stereocenters. The summed E-state index contributed by atoms with van der Waals surface area (Å²) in [4.78, 5) is 17.9. The SMILES string of the molecule is COc1nc(C)cc2c1CNC(=O)c1cc(Br)cc3c1c(cn3C(C)C)CC=CCC2. The van der Waals surface area contributed by atoms with Crippen LogP contribution in [0.5, 0.6) is 5.88 Å². The minimum absolute atomic E-state index is 0.0918. The highest BCUT2D eigenvalue weighted by molar-refractivity contribution is 9.10. The number of halogens is 1. The van der Waals surface area contributed by atoms with Gasteiger partial charge in [0.05, 0.1) is 18.2 Å². The van der Waals surface area contributed by atoms with Gasteiger partial charge in [0.25, 0.3) is 5.91 Å². The van der Waals surface area contributed by atoms with Crippen LogP contribution in [0.4, 0.5) is 0 Å². The molecule has 162 valence electrons. The second kappa shape index (κ2) is 8.87. The molecule has 0 atom stereocenters. The number of fused-ring (bicyclic) bond motifs is 1. The molecule has 4 rings (SSSR count). The van der Waals surface area contributed by atoms with Crippen molar-refractivity contribution >= 4 is 32.7 Å². The van der Waals surface area contributed by atoms with Crippen LogP contribution in [0.3, 0.4) is 0 Å². The number of ether oxygens (including phenoxy) is 1. The van der Waals surface area contributed by atoms with E-state index >= 15 is 0 Å². The summed E-state index contributed by atoms with van der Waals surface area (Å²) in [5.74, 6) is 0.492. The van der Waals surface area contributed by atoms with Crippen molar-refractivity contribution in [3.8, 4) is 5.88 Å². The van der Waals surface area contributed by atoms with Crippen molar-refractivity contribution in [3.63, 3.8) is 0 Å². The van der Waals surface area contributed by atoms with Gasteiger partial charge in [0.1, 0.15) is 0 Å². The number of nitrogens with zero attached hydrogens (tertiary/aromatic N) is 2. The van der Waals surface area contributed by atoms with Gasteiger partial charge in [0.15, 0.2) is 0 Å². The lowest BCUT2D eigenvalue weighted by atomic mass is 10.0. The Morgan fingerprint density at radius 1 is 1.19 bits per heavy atom. The Kier molecular flexibility index (Phi) is 6.19. The highest BCUT2D eigenvalue weighted by Gasteiger charge is 2.20. The van der Waals surface area contributed by atoms with Gasteiger partial charge in [-0.2, -0.15) is 0 Å². The van der Waals surface area contributed by atoms with Gasteiger partial charge in [0, 0.05) is 39.9 Å². The number of aryl methyl sites for hydroxylation is 2. The Labute approximate surface area is 191 Å². The molecule has 0 spiro atoms. The number of allylic oxidation sites excluding steroid dienone is 2. The molecule has 0 fully saturated rings. The first-order valence-corrected chi connectivity index (χ1v) is 11.5. The summed E-state index contributed by atoms with van der Waals surface area (Å²) >= 11 is 3.61. The predicted octanol–water partition coefficient (Wildman–Crippen LogP) is 5.67. The molecule has 0 aliphatic carbocycles. The van der Waals surface area contributed by atoms with Crippen molar-refractivity contribution < 1.29 is 9.53 Å². The highest BCUT2D eigenvalue weighted by Crippen LogP contribution is 2.32. The average Bonchev–Trinajstić information content (AvgIpc) is 3.09. The maximum atomic E-state index is 13.4. The average molecular weight is 482 g/mol. The number of carbonyl (C=O) groups is 1. The van der Waals surface area contributed by atoms with Gasteiger partial charge in [-0.3, -0.25) is 4.79 Å². The van der Waals surface area contributed by atoms with Gasteiger partial charge in [-0.1, -0.05) is 28.1 Å². The van der Waals surface area contributed by atoms with Gasteiger partial charge in [-0.15, -0.1) is 0 Å². The van der Waals surface area contributed by atoms with Gasteiger partial charge >= 0.3 is 0 Å². The first-order valence-electron chi connectivity index (χ1n) is 10.7. The standard InChI is InChI=1S/C25H28BrN3O2/c1-15(2)29-14-18-9-7-5-6-8-17-10-16(3)28-25(31-4)21(17)13-27-24(30)20-11-19(26)12-22(29)23(18)20/h5,7,10-12,14-15H,6,8-9,13H2,1-4H3,(H,27,30). The molecule has 3 aromatic rings. The highest BCUT2D eigenvalue weighted by atomic mass is 79.9. The molecule has 0 bridgehead atoms. The zero-order valence-corrected chi connectivity index (χ0v) is 20.0. The van der Waals surface area contributed by atoms with E-state index in [1.165, 1.54) is 5.56 Å². The number of pyridine rings is 1. The molecular weight excluding hydrogens is 454 g/mol. The van der Waals surface area contributed by atoms with Crippen LogP contribution >= 0.6 is 15.9 Å². The first kappa shape index (κ1) is 21.6. The van der Waals surface area contributed by atoms with E-state index < -0.39 is 0 Å².